The first-order valence-electron chi connectivity index (χ1n) is 5.73. The first kappa shape index (κ1) is 12.5. The Morgan fingerprint density at radius 3 is 2.39 bits per heavy atom. The minimum Gasteiger partial charge on any atom is -0.480 e. The Balaban J connectivity index is 2.41. The molecular formula is C14H16N2O2. The third-order valence-corrected chi connectivity index (χ3v) is 3.08. The van der Waals surface area contributed by atoms with Gasteiger partial charge in [0.1, 0.15) is 6.04 Å². The van der Waals surface area contributed by atoms with Gasteiger partial charge >= 0.3 is 5.97 Å². The summed E-state index contributed by atoms with van der Waals surface area (Å²) in [6.07, 6.45) is 0. The molecule has 4 heteroatoms. The van der Waals surface area contributed by atoms with Gasteiger partial charge in [0.2, 0.25) is 0 Å². The lowest BCUT2D eigenvalue weighted by molar-refractivity contribution is -0.139. The van der Waals surface area contributed by atoms with Gasteiger partial charge in [0.25, 0.3) is 0 Å². The maximum Gasteiger partial charge on any atom is 0.322 e. The largest absolute Gasteiger partial charge is 0.480 e. The van der Waals surface area contributed by atoms with Crippen LogP contribution in [0.3, 0.4) is 0 Å². The standard InChI is InChI=1S/C14H16N2O2/c1-8-2-3-10-7-11(5-4-9(10)6-8)12(15)13(16)14(17)18/h2-7,12-13H,15-16H2,1H3,(H,17,18). The predicted molar refractivity (Wildman–Crippen MR) is 71.2 cm³/mol. The van der Waals surface area contributed by atoms with Crippen molar-refractivity contribution in [3.63, 3.8) is 0 Å². The number of aliphatic carboxylic acids is 1. The smallest absolute Gasteiger partial charge is 0.322 e. The molecule has 0 bridgehead atoms. The first-order valence-corrected chi connectivity index (χ1v) is 5.73. The molecule has 0 spiro atoms. The molecule has 18 heavy (non-hydrogen) atoms. The molecule has 2 atom stereocenters. The van der Waals surface area contributed by atoms with Crippen molar-refractivity contribution in [3.8, 4) is 0 Å². The molecule has 2 unspecified atom stereocenters. The van der Waals surface area contributed by atoms with Crippen molar-refractivity contribution >= 4 is 16.7 Å². The van der Waals surface area contributed by atoms with Crippen LogP contribution in [0, 0.1) is 6.92 Å². The van der Waals surface area contributed by atoms with E-state index in [2.05, 4.69) is 6.07 Å². The normalized spacial score (nSPS) is 14.4. The second kappa shape index (κ2) is 4.76. The van der Waals surface area contributed by atoms with Gasteiger partial charge in [-0.25, -0.2) is 0 Å². The molecule has 0 amide bonds. The second-order valence-electron chi connectivity index (χ2n) is 4.50. The van der Waals surface area contributed by atoms with Gasteiger partial charge in [-0.1, -0.05) is 35.9 Å². The Labute approximate surface area is 105 Å². The second-order valence-corrected chi connectivity index (χ2v) is 4.50. The Morgan fingerprint density at radius 1 is 1.11 bits per heavy atom. The predicted octanol–water partition coefficient (Wildman–Crippen LogP) is 1.56. The zero-order valence-electron chi connectivity index (χ0n) is 10.1. The van der Waals surface area contributed by atoms with Crippen molar-refractivity contribution in [2.75, 3.05) is 0 Å². The molecule has 0 heterocycles. The average molecular weight is 244 g/mol. The van der Waals surface area contributed by atoms with E-state index in [9.17, 15) is 4.79 Å². The molecule has 0 radical (unpaired) electrons. The minimum atomic E-state index is -1.09. The number of benzene rings is 2. The molecule has 94 valence electrons. The summed E-state index contributed by atoms with van der Waals surface area (Å²) in [5.41, 5.74) is 13.3. The molecule has 5 N–H and O–H groups in total. The number of carboxylic acid groups (broad SMARTS) is 1. The summed E-state index contributed by atoms with van der Waals surface area (Å²) in [5.74, 6) is -1.09. The van der Waals surface area contributed by atoms with Gasteiger partial charge in [-0.05, 0) is 29.3 Å². The van der Waals surface area contributed by atoms with Gasteiger partial charge in [0.05, 0.1) is 6.04 Å². The van der Waals surface area contributed by atoms with Crippen molar-refractivity contribution in [3.05, 3.63) is 47.5 Å². The van der Waals surface area contributed by atoms with E-state index < -0.39 is 18.1 Å². The molecule has 2 rings (SSSR count). The first-order chi connectivity index (χ1) is 8.49. The molecule has 4 nitrogen and oxygen atoms in total. The monoisotopic (exact) mass is 244 g/mol. The lowest BCUT2D eigenvalue weighted by atomic mass is 9.97. The van der Waals surface area contributed by atoms with Crippen molar-refractivity contribution in [2.45, 2.75) is 19.0 Å². The van der Waals surface area contributed by atoms with Crippen molar-refractivity contribution in [1.82, 2.24) is 0 Å². The van der Waals surface area contributed by atoms with Crippen LogP contribution in [0.15, 0.2) is 36.4 Å². The number of carboxylic acids is 1. The molecular weight excluding hydrogens is 228 g/mol. The third kappa shape index (κ3) is 2.34. The molecule has 0 fully saturated rings. The zero-order chi connectivity index (χ0) is 13.3. The fraction of sp³-hybridized carbons (Fsp3) is 0.214. The van der Waals surface area contributed by atoms with Crippen LogP contribution in [0.2, 0.25) is 0 Å². The van der Waals surface area contributed by atoms with Crippen molar-refractivity contribution in [1.29, 1.82) is 0 Å². The number of aryl methyl sites for hydroxylation is 1. The Kier molecular flexibility index (Phi) is 3.32. The van der Waals surface area contributed by atoms with E-state index in [4.69, 9.17) is 16.6 Å². The maximum atomic E-state index is 10.8. The molecule has 0 aliphatic heterocycles. The highest BCUT2D eigenvalue weighted by molar-refractivity contribution is 5.84. The Morgan fingerprint density at radius 2 is 1.72 bits per heavy atom. The summed E-state index contributed by atoms with van der Waals surface area (Å²) in [7, 11) is 0. The number of hydrogen-bond acceptors (Lipinski definition) is 3. The van der Waals surface area contributed by atoms with Gasteiger partial charge in [0, 0.05) is 0 Å². The highest BCUT2D eigenvalue weighted by Crippen LogP contribution is 2.21. The highest BCUT2D eigenvalue weighted by Gasteiger charge is 2.22. The molecule has 2 aromatic carbocycles. The number of fused-ring (bicyclic) bond motifs is 1. The number of rotatable bonds is 3. The van der Waals surface area contributed by atoms with Gasteiger partial charge in [-0.2, -0.15) is 0 Å². The van der Waals surface area contributed by atoms with Crippen LogP contribution < -0.4 is 11.5 Å². The van der Waals surface area contributed by atoms with Crippen LogP contribution in [0.4, 0.5) is 0 Å². The van der Waals surface area contributed by atoms with Gasteiger partial charge < -0.3 is 16.6 Å². The number of nitrogens with two attached hydrogens (primary N) is 2. The van der Waals surface area contributed by atoms with E-state index in [0.29, 0.717) is 0 Å². The van der Waals surface area contributed by atoms with Crippen LogP contribution in [0.5, 0.6) is 0 Å². The number of hydrogen-bond donors (Lipinski definition) is 3. The van der Waals surface area contributed by atoms with E-state index in [-0.39, 0.29) is 0 Å². The van der Waals surface area contributed by atoms with Crippen LogP contribution in [-0.2, 0) is 4.79 Å². The Bertz CT molecular complexity index is 595. The van der Waals surface area contributed by atoms with Gasteiger partial charge in [-0.15, -0.1) is 0 Å². The number of carbonyl (C=O) groups is 1. The zero-order valence-corrected chi connectivity index (χ0v) is 10.1. The summed E-state index contributed by atoms with van der Waals surface area (Å²) in [5, 5.41) is 11.0. The van der Waals surface area contributed by atoms with E-state index in [1.807, 2.05) is 37.3 Å². The van der Waals surface area contributed by atoms with E-state index in [1.54, 1.807) is 0 Å². The molecule has 0 saturated heterocycles. The topological polar surface area (TPSA) is 89.3 Å². The summed E-state index contributed by atoms with van der Waals surface area (Å²) < 4.78 is 0. The molecule has 0 aliphatic rings. The van der Waals surface area contributed by atoms with Crippen LogP contribution >= 0.6 is 0 Å². The average Bonchev–Trinajstić information content (AvgIpc) is 2.36. The molecule has 0 aromatic heterocycles. The van der Waals surface area contributed by atoms with E-state index in [0.717, 1.165) is 16.3 Å². The minimum absolute atomic E-state index is 0.701. The van der Waals surface area contributed by atoms with Crippen LogP contribution in [0.1, 0.15) is 17.2 Å². The summed E-state index contributed by atoms with van der Waals surface area (Å²) >= 11 is 0. The SMILES string of the molecule is Cc1ccc2cc(C(N)C(N)C(=O)O)ccc2c1. The van der Waals surface area contributed by atoms with Crippen LogP contribution in [0.25, 0.3) is 10.8 Å². The van der Waals surface area contributed by atoms with Crippen molar-refractivity contribution in [2.24, 2.45) is 11.5 Å². The molecule has 0 saturated carbocycles. The summed E-state index contributed by atoms with van der Waals surface area (Å²) in [4.78, 5) is 10.8. The maximum absolute atomic E-state index is 10.8. The third-order valence-electron chi connectivity index (χ3n) is 3.08. The quantitative estimate of drug-likeness (QED) is 0.764. The summed E-state index contributed by atoms with van der Waals surface area (Å²) in [6.45, 7) is 2.03. The van der Waals surface area contributed by atoms with E-state index >= 15 is 0 Å². The summed E-state index contributed by atoms with van der Waals surface area (Å²) in [6, 6.07) is 9.94. The lowest BCUT2D eigenvalue weighted by Gasteiger charge is -2.16. The molecule has 0 aliphatic carbocycles. The fourth-order valence-corrected chi connectivity index (χ4v) is 1.95. The fourth-order valence-electron chi connectivity index (χ4n) is 1.95. The van der Waals surface area contributed by atoms with Crippen molar-refractivity contribution < 1.29 is 9.90 Å². The van der Waals surface area contributed by atoms with Gasteiger partial charge in [0.15, 0.2) is 0 Å². The highest BCUT2D eigenvalue weighted by atomic mass is 16.4. The lowest BCUT2D eigenvalue weighted by Crippen LogP contribution is -2.40. The van der Waals surface area contributed by atoms with Gasteiger partial charge in [-0.3, -0.25) is 4.79 Å². The van der Waals surface area contributed by atoms with Crippen LogP contribution in [-0.4, -0.2) is 17.1 Å². The van der Waals surface area contributed by atoms with E-state index in [1.165, 1.54) is 5.56 Å². The Hall–Kier alpha value is -1.91. The molecule has 2 aromatic rings.